The SMILES string of the molecule is NC(=O)C[C@H](NC(=O)c1c[nH]cc1-c1ccccc1F)c1ccccc1Cl. The van der Waals surface area contributed by atoms with Crippen molar-refractivity contribution < 1.29 is 14.0 Å². The first-order valence-corrected chi connectivity index (χ1v) is 8.60. The first kappa shape index (κ1) is 18.7. The summed E-state index contributed by atoms with van der Waals surface area (Å²) in [5.74, 6) is -1.49. The molecule has 138 valence electrons. The van der Waals surface area contributed by atoms with Crippen molar-refractivity contribution in [3.8, 4) is 11.1 Å². The van der Waals surface area contributed by atoms with Gasteiger partial charge in [0.2, 0.25) is 5.91 Å². The van der Waals surface area contributed by atoms with Crippen LogP contribution in [0.3, 0.4) is 0 Å². The monoisotopic (exact) mass is 385 g/mol. The van der Waals surface area contributed by atoms with E-state index in [2.05, 4.69) is 10.3 Å². The first-order valence-electron chi connectivity index (χ1n) is 8.22. The molecule has 3 rings (SSSR count). The number of carbonyl (C=O) groups excluding carboxylic acids is 2. The molecule has 0 saturated carbocycles. The number of nitrogens with two attached hydrogens (primary N) is 1. The molecule has 2 aromatic carbocycles. The highest BCUT2D eigenvalue weighted by atomic mass is 35.5. The van der Waals surface area contributed by atoms with Crippen LogP contribution in [0.4, 0.5) is 4.39 Å². The van der Waals surface area contributed by atoms with Crippen LogP contribution in [-0.4, -0.2) is 16.8 Å². The summed E-state index contributed by atoms with van der Waals surface area (Å²) in [5, 5.41) is 3.18. The van der Waals surface area contributed by atoms with Gasteiger partial charge in [-0.25, -0.2) is 4.39 Å². The maximum Gasteiger partial charge on any atom is 0.253 e. The standard InChI is InChI=1S/C20H17ClFN3O2/c21-16-7-3-1-6-13(16)18(9-19(23)26)25-20(27)15-11-24-10-14(15)12-5-2-4-8-17(12)22/h1-8,10-11,18,24H,9H2,(H2,23,26)(H,25,27)/t18-/m0/s1. The molecule has 1 aromatic heterocycles. The number of primary amides is 1. The van der Waals surface area contributed by atoms with Gasteiger partial charge >= 0.3 is 0 Å². The summed E-state index contributed by atoms with van der Waals surface area (Å²) < 4.78 is 14.1. The Labute approximate surface area is 160 Å². The van der Waals surface area contributed by atoms with Gasteiger partial charge in [0.05, 0.1) is 18.0 Å². The van der Waals surface area contributed by atoms with Gasteiger partial charge in [0.1, 0.15) is 5.82 Å². The van der Waals surface area contributed by atoms with Crippen LogP contribution in [0.15, 0.2) is 60.9 Å². The second-order valence-corrected chi connectivity index (χ2v) is 6.39. The van der Waals surface area contributed by atoms with Gasteiger partial charge in [0.15, 0.2) is 0 Å². The Balaban J connectivity index is 1.92. The van der Waals surface area contributed by atoms with Gasteiger partial charge in [-0.3, -0.25) is 9.59 Å². The summed E-state index contributed by atoms with van der Waals surface area (Å²) in [6.45, 7) is 0. The molecule has 5 nitrogen and oxygen atoms in total. The van der Waals surface area contributed by atoms with Crippen LogP contribution in [0.1, 0.15) is 28.4 Å². The minimum atomic E-state index is -0.702. The fraction of sp³-hybridized carbons (Fsp3) is 0.100. The summed E-state index contributed by atoms with van der Waals surface area (Å²) in [5.41, 5.74) is 6.87. The van der Waals surface area contributed by atoms with Crippen LogP contribution in [0, 0.1) is 5.82 Å². The molecule has 4 N–H and O–H groups in total. The quantitative estimate of drug-likeness (QED) is 0.602. The lowest BCUT2D eigenvalue weighted by molar-refractivity contribution is -0.118. The Morgan fingerprint density at radius 3 is 2.48 bits per heavy atom. The van der Waals surface area contributed by atoms with E-state index >= 15 is 0 Å². The number of amides is 2. The lowest BCUT2D eigenvalue weighted by atomic mass is 10.0. The smallest absolute Gasteiger partial charge is 0.253 e. The average Bonchev–Trinajstić information content (AvgIpc) is 3.11. The number of rotatable bonds is 6. The second kappa shape index (κ2) is 8.05. The minimum absolute atomic E-state index is 0.116. The van der Waals surface area contributed by atoms with Crippen LogP contribution in [0.25, 0.3) is 11.1 Å². The molecule has 3 aromatic rings. The fourth-order valence-corrected chi connectivity index (χ4v) is 3.16. The van der Waals surface area contributed by atoms with Crippen LogP contribution >= 0.6 is 11.6 Å². The molecule has 0 aliphatic rings. The lowest BCUT2D eigenvalue weighted by Gasteiger charge is -2.19. The van der Waals surface area contributed by atoms with Crippen molar-refractivity contribution in [3.05, 3.63) is 82.9 Å². The maximum absolute atomic E-state index is 14.1. The number of aromatic amines is 1. The second-order valence-electron chi connectivity index (χ2n) is 5.98. The number of nitrogens with one attached hydrogen (secondary N) is 2. The first-order chi connectivity index (χ1) is 13.0. The van der Waals surface area contributed by atoms with E-state index in [4.69, 9.17) is 17.3 Å². The van der Waals surface area contributed by atoms with Crippen LogP contribution in [0.5, 0.6) is 0 Å². The Hall–Kier alpha value is -3.12. The number of hydrogen-bond donors (Lipinski definition) is 3. The van der Waals surface area contributed by atoms with Gasteiger partial charge in [-0.1, -0.05) is 48.0 Å². The average molecular weight is 386 g/mol. The molecule has 0 saturated heterocycles. The van der Waals surface area contributed by atoms with E-state index < -0.39 is 23.7 Å². The topological polar surface area (TPSA) is 88.0 Å². The molecule has 0 unspecified atom stereocenters. The Kier molecular flexibility index (Phi) is 5.57. The Morgan fingerprint density at radius 1 is 1.07 bits per heavy atom. The zero-order valence-corrected chi connectivity index (χ0v) is 15.0. The number of halogens is 2. The van der Waals surface area contributed by atoms with E-state index in [1.54, 1.807) is 48.7 Å². The van der Waals surface area contributed by atoms with E-state index in [0.717, 1.165) is 0 Å². The molecule has 0 aliphatic carbocycles. The zero-order valence-electron chi connectivity index (χ0n) is 14.2. The predicted octanol–water partition coefficient (Wildman–Crippen LogP) is 3.82. The minimum Gasteiger partial charge on any atom is -0.370 e. The molecule has 0 radical (unpaired) electrons. The van der Waals surface area contributed by atoms with Gasteiger partial charge in [-0.15, -0.1) is 0 Å². The molecule has 2 amide bonds. The zero-order chi connectivity index (χ0) is 19.4. The third kappa shape index (κ3) is 4.17. The van der Waals surface area contributed by atoms with E-state index in [-0.39, 0.29) is 12.0 Å². The van der Waals surface area contributed by atoms with Gasteiger partial charge in [0.25, 0.3) is 5.91 Å². The summed E-state index contributed by atoms with van der Waals surface area (Å²) in [6, 6.07) is 12.3. The molecule has 1 atom stereocenters. The highest BCUT2D eigenvalue weighted by Gasteiger charge is 2.23. The molecule has 0 spiro atoms. The van der Waals surface area contributed by atoms with Crippen LogP contribution < -0.4 is 11.1 Å². The number of hydrogen-bond acceptors (Lipinski definition) is 2. The van der Waals surface area contributed by atoms with Crippen molar-refractivity contribution in [2.24, 2.45) is 5.73 Å². The van der Waals surface area contributed by atoms with Gasteiger partial charge < -0.3 is 16.0 Å². The van der Waals surface area contributed by atoms with Crippen molar-refractivity contribution in [1.82, 2.24) is 10.3 Å². The van der Waals surface area contributed by atoms with E-state index in [1.165, 1.54) is 12.3 Å². The lowest BCUT2D eigenvalue weighted by Crippen LogP contribution is -2.32. The largest absolute Gasteiger partial charge is 0.370 e. The molecule has 0 fully saturated rings. The van der Waals surface area contributed by atoms with Crippen molar-refractivity contribution in [1.29, 1.82) is 0 Å². The van der Waals surface area contributed by atoms with Crippen molar-refractivity contribution in [2.75, 3.05) is 0 Å². The summed E-state index contributed by atoms with van der Waals surface area (Å²) in [4.78, 5) is 27.1. The van der Waals surface area contributed by atoms with E-state index in [0.29, 0.717) is 21.7 Å². The van der Waals surface area contributed by atoms with Crippen LogP contribution in [-0.2, 0) is 4.79 Å². The fourth-order valence-electron chi connectivity index (χ4n) is 2.89. The normalized spacial score (nSPS) is 11.8. The molecule has 1 heterocycles. The van der Waals surface area contributed by atoms with Gasteiger partial charge in [-0.05, 0) is 17.7 Å². The van der Waals surface area contributed by atoms with E-state index in [1.807, 2.05) is 0 Å². The van der Waals surface area contributed by atoms with Crippen molar-refractivity contribution >= 4 is 23.4 Å². The van der Waals surface area contributed by atoms with Gasteiger partial charge in [0, 0.05) is 28.5 Å². The highest BCUT2D eigenvalue weighted by molar-refractivity contribution is 6.31. The summed E-state index contributed by atoms with van der Waals surface area (Å²) >= 11 is 6.20. The number of H-pyrrole nitrogens is 1. The highest BCUT2D eigenvalue weighted by Crippen LogP contribution is 2.28. The van der Waals surface area contributed by atoms with Crippen LogP contribution in [0.2, 0.25) is 5.02 Å². The van der Waals surface area contributed by atoms with Gasteiger partial charge in [-0.2, -0.15) is 0 Å². The Morgan fingerprint density at radius 2 is 1.78 bits per heavy atom. The third-order valence-electron chi connectivity index (χ3n) is 4.15. The van der Waals surface area contributed by atoms with E-state index in [9.17, 15) is 14.0 Å². The number of carbonyl (C=O) groups is 2. The number of aromatic nitrogens is 1. The molecular formula is C20H17ClFN3O2. The molecular weight excluding hydrogens is 369 g/mol. The summed E-state index contributed by atoms with van der Waals surface area (Å²) in [7, 11) is 0. The molecule has 27 heavy (non-hydrogen) atoms. The number of benzene rings is 2. The molecule has 0 bridgehead atoms. The molecule has 0 aliphatic heterocycles. The summed E-state index contributed by atoms with van der Waals surface area (Å²) in [6.07, 6.45) is 2.91. The van der Waals surface area contributed by atoms with Crippen molar-refractivity contribution in [3.63, 3.8) is 0 Å². The Bertz CT molecular complexity index is 987. The maximum atomic E-state index is 14.1. The molecule has 7 heteroatoms. The predicted molar refractivity (Wildman–Crippen MR) is 102 cm³/mol. The third-order valence-corrected chi connectivity index (χ3v) is 4.49. The van der Waals surface area contributed by atoms with Crippen molar-refractivity contribution in [2.45, 2.75) is 12.5 Å².